The summed E-state index contributed by atoms with van der Waals surface area (Å²) in [6.45, 7) is 3.82. The zero-order chi connectivity index (χ0) is 19.7. The third-order valence-electron chi connectivity index (χ3n) is 4.58. The quantitative estimate of drug-likeness (QED) is 0.697. The summed E-state index contributed by atoms with van der Waals surface area (Å²) in [5.74, 6) is -0.135. The van der Waals surface area contributed by atoms with Gasteiger partial charge in [0, 0.05) is 5.70 Å². The van der Waals surface area contributed by atoms with Gasteiger partial charge in [-0.2, -0.15) is 4.98 Å². The highest BCUT2D eigenvalue weighted by atomic mass is 19.1. The summed E-state index contributed by atoms with van der Waals surface area (Å²) in [6, 6.07) is 15.3. The number of ether oxygens (including phenoxy) is 1. The number of fused-ring (bicyclic) bond motifs is 1. The molecule has 1 aliphatic heterocycles. The van der Waals surface area contributed by atoms with Crippen LogP contribution in [0.3, 0.4) is 0 Å². The van der Waals surface area contributed by atoms with Gasteiger partial charge < -0.3 is 10.1 Å². The van der Waals surface area contributed by atoms with Gasteiger partial charge in [-0.1, -0.05) is 42.5 Å². The van der Waals surface area contributed by atoms with E-state index in [1.54, 1.807) is 36.7 Å². The number of hydrogen-bond acceptors (Lipinski definition) is 5. The Hall–Kier alpha value is -3.48. The summed E-state index contributed by atoms with van der Waals surface area (Å²) in [5, 5.41) is 7.63. The van der Waals surface area contributed by atoms with Crippen LogP contribution in [0.4, 0.5) is 10.3 Å². The Kier molecular flexibility index (Phi) is 4.65. The van der Waals surface area contributed by atoms with Crippen molar-refractivity contribution in [2.24, 2.45) is 0 Å². The van der Waals surface area contributed by atoms with Crippen LogP contribution in [0.25, 0.3) is 11.4 Å². The topological polar surface area (TPSA) is 69.0 Å². The molecule has 1 aromatic heterocycles. The van der Waals surface area contributed by atoms with Crippen molar-refractivity contribution in [3.05, 3.63) is 77.2 Å². The molecule has 0 aliphatic carbocycles. The van der Waals surface area contributed by atoms with Gasteiger partial charge in [0.25, 0.3) is 0 Å². The van der Waals surface area contributed by atoms with Gasteiger partial charge in [0.1, 0.15) is 11.9 Å². The number of nitrogens with one attached hydrogen (secondary N) is 1. The van der Waals surface area contributed by atoms with Crippen LogP contribution < -0.4 is 5.32 Å². The average molecular weight is 378 g/mol. The fourth-order valence-corrected chi connectivity index (χ4v) is 3.32. The number of carbonyl (C=O) groups is 1. The molecular weight excluding hydrogens is 359 g/mol. The lowest BCUT2D eigenvalue weighted by atomic mass is 9.96. The number of carbonyl (C=O) groups excluding carboxylic acids is 1. The summed E-state index contributed by atoms with van der Waals surface area (Å²) in [4.78, 5) is 17.2. The minimum atomic E-state index is -0.524. The first-order chi connectivity index (χ1) is 13.6. The molecule has 2 aromatic carbocycles. The van der Waals surface area contributed by atoms with Crippen LogP contribution in [0, 0.1) is 5.82 Å². The second kappa shape index (κ2) is 7.26. The number of rotatable bonds is 4. The molecule has 0 radical (unpaired) electrons. The zero-order valence-corrected chi connectivity index (χ0v) is 15.5. The lowest BCUT2D eigenvalue weighted by molar-refractivity contribution is -0.139. The van der Waals surface area contributed by atoms with Crippen LogP contribution in [-0.2, 0) is 9.53 Å². The van der Waals surface area contributed by atoms with E-state index in [1.807, 2.05) is 30.3 Å². The average Bonchev–Trinajstić information content (AvgIpc) is 3.11. The van der Waals surface area contributed by atoms with Gasteiger partial charge in [-0.25, -0.2) is 13.9 Å². The van der Waals surface area contributed by atoms with Crippen molar-refractivity contribution in [1.82, 2.24) is 14.8 Å². The first kappa shape index (κ1) is 17.9. The van der Waals surface area contributed by atoms with Crippen LogP contribution in [0.15, 0.2) is 65.9 Å². The van der Waals surface area contributed by atoms with E-state index >= 15 is 0 Å². The summed E-state index contributed by atoms with van der Waals surface area (Å²) in [5.41, 5.74) is 2.24. The molecule has 0 saturated carbocycles. The van der Waals surface area contributed by atoms with Gasteiger partial charge in [0.05, 0.1) is 17.7 Å². The van der Waals surface area contributed by atoms with Crippen molar-refractivity contribution in [1.29, 1.82) is 0 Å². The summed E-state index contributed by atoms with van der Waals surface area (Å²) in [6.07, 6.45) is 0. The molecule has 3 aromatic rings. The Balaban J connectivity index is 1.87. The second-order valence-corrected chi connectivity index (χ2v) is 6.38. The molecular formula is C21H19FN4O2. The molecule has 4 rings (SSSR count). The summed E-state index contributed by atoms with van der Waals surface area (Å²) >= 11 is 0. The van der Waals surface area contributed by atoms with Gasteiger partial charge in [-0.3, -0.25) is 0 Å². The van der Waals surface area contributed by atoms with Crippen molar-refractivity contribution in [2.45, 2.75) is 19.9 Å². The van der Waals surface area contributed by atoms with E-state index in [9.17, 15) is 9.18 Å². The first-order valence-electron chi connectivity index (χ1n) is 9.01. The highest BCUT2D eigenvalue weighted by Crippen LogP contribution is 2.36. The molecule has 1 aliphatic rings. The molecule has 28 heavy (non-hydrogen) atoms. The molecule has 0 spiro atoms. The molecule has 2 heterocycles. The molecule has 0 amide bonds. The number of hydrogen-bond donors (Lipinski definition) is 1. The number of anilines is 1. The monoisotopic (exact) mass is 378 g/mol. The van der Waals surface area contributed by atoms with E-state index < -0.39 is 17.8 Å². The third kappa shape index (κ3) is 3.05. The Morgan fingerprint density at radius 2 is 1.89 bits per heavy atom. The maximum absolute atomic E-state index is 14.2. The smallest absolute Gasteiger partial charge is 0.338 e. The minimum Gasteiger partial charge on any atom is -0.463 e. The largest absolute Gasteiger partial charge is 0.463 e. The Morgan fingerprint density at radius 3 is 2.61 bits per heavy atom. The molecule has 1 unspecified atom stereocenters. The SMILES string of the molecule is CCOC(=O)C1=C(C)Nc2nc(-c3ccccc3F)nn2C1c1ccccc1. The molecule has 142 valence electrons. The molecule has 6 nitrogen and oxygen atoms in total. The number of aromatic nitrogens is 3. The van der Waals surface area contributed by atoms with Crippen LogP contribution in [0.5, 0.6) is 0 Å². The molecule has 1 N–H and O–H groups in total. The summed E-state index contributed by atoms with van der Waals surface area (Å²) in [7, 11) is 0. The fourth-order valence-electron chi connectivity index (χ4n) is 3.32. The summed E-state index contributed by atoms with van der Waals surface area (Å²) < 4.78 is 21.1. The number of esters is 1. The van der Waals surface area contributed by atoms with E-state index in [4.69, 9.17) is 4.74 Å². The predicted molar refractivity (Wildman–Crippen MR) is 103 cm³/mol. The van der Waals surface area contributed by atoms with Crippen molar-refractivity contribution in [3.8, 4) is 11.4 Å². The molecule has 1 atom stereocenters. The van der Waals surface area contributed by atoms with E-state index in [0.29, 0.717) is 22.8 Å². The normalized spacial score (nSPS) is 15.8. The molecule has 0 saturated heterocycles. The van der Waals surface area contributed by atoms with Crippen LogP contribution in [0.2, 0.25) is 0 Å². The van der Waals surface area contributed by atoms with E-state index in [0.717, 1.165) is 5.56 Å². The number of halogens is 1. The molecule has 0 fully saturated rings. The number of nitrogens with zero attached hydrogens (tertiary/aromatic N) is 3. The van der Waals surface area contributed by atoms with E-state index in [1.165, 1.54) is 6.07 Å². The zero-order valence-electron chi connectivity index (χ0n) is 15.5. The van der Waals surface area contributed by atoms with Gasteiger partial charge in [-0.15, -0.1) is 5.10 Å². The minimum absolute atomic E-state index is 0.249. The Morgan fingerprint density at radius 1 is 1.18 bits per heavy atom. The van der Waals surface area contributed by atoms with Crippen molar-refractivity contribution >= 4 is 11.9 Å². The number of allylic oxidation sites excluding steroid dienone is 1. The molecule has 7 heteroatoms. The lowest BCUT2D eigenvalue weighted by Gasteiger charge is -2.28. The van der Waals surface area contributed by atoms with Gasteiger partial charge in [0.15, 0.2) is 5.82 Å². The number of benzene rings is 2. The van der Waals surface area contributed by atoms with Gasteiger partial charge in [0.2, 0.25) is 5.95 Å². The van der Waals surface area contributed by atoms with Gasteiger partial charge >= 0.3 is 5.97 Å². The Bertz CT molecular complexity index is 1060. The maximum atomic E-state index is 14.2. The lowest BCUT2D eigenvalue weighted by Crippen LogP contribution is -2.29. The van der Waals surface area contributed by atoms with E-state index in [-0.39, 0.29) is 12.4 Å². The van der Waals surface area contributed by atoms with Crippen LogP contribution in [0.1, 0.15) is 25.5 Å². The van der Waals surface area contributed by atoms with Crippen LogP contribution >= 0.6 is 0 Å². The van der Waals surface area contributed by atoms with Gasteiger partial charge in [-0.05, 0) is 31.5 Å². The predicted octanol–water partition coefficient (Wildman–Crippen LogP) is 3.94. The first-order valence-corrected chi connectivity index (χ1v) is 9.01. The highest BCUT2D eigenvalue weighted by molar-refractivity contribution is 5.92. The molecule has 0 bridgehead atoms. The maximum Gasteiger partial charge on any atom is 0.338 e. The van der Waals surface area contributed by atoms with Crippen molar-refractivity contribution in [2.75, 3.05) is 11.9 Å². The van der Waals surface area contributed by atoms with Crippen molar-refractivity contribution < 1.29 is 13.9 Å². The Labute approximate surface area is 161 Å². The van der Waals surface area contributed by atoms with Crippen molar-refractivity contribution in [3.63, 3.8) is 0 Å². The third-order valence-corrected chi connectivity index (χ3v) is 4.58. The second-order valence-electron chi connectivity index (χ2n) is 6.38. The van der Waals surface area contributed by atoms with E-state index in [2.05, 4.69) is 15.4 Å². The standard InChI is InChI=1S/C21H19FN4O2/c1-3-28-20(27)17-13(2)23-21-24-19(15-11-7-8-12-16(15)22)25-26(21)18(17)14-9-5-4-6-10-14/h4-12,18H,3H2,1-2H3,(H,23,24,25). The van der Waals surface area contributed by atoms with Crippen LogP contribution in [-0.4, -0.2) is 27.3 Å². The highest BCUT2D eigenvalue weighted by Gasteiger charge is 2.35. The fraction of sp³-hybridized carbons (Fsp3) is 0.190.